The number of anilines is 2. The summed E-state index contributed by atoms with van der Waals surface area (Å²) in [6.45, 7) is 5.21. The van der Waals surface area contributed by atoms with Gasteiger partial charge in [0.2, 0.25) is 0 Å². The molecule has 0 aliphatic carbocycles. The van der Waals surface area contributed by atoms with Crippen molar-refractivity contribution in [3.8, 4) is 0 Å². The second-order valence-electron chi connectivity index (χ2n) is 6.45. The Balaban J connectivity index is 1.56. The summed E-state index contributed by atoms with van der Waals surface area (Å²) >= 11 is 0. The van der Waals surface area contributed by atoms with Gasteiger partial charge in [-0.3, -0.25) is 0 Å². The topological polar surface area (TPSA) is 44.8 Å². The average Bonchev–Trinajstić information content (AvgIpc) is 2.63. The Hall–Kier alpha value is -2.53. The van der Waals surface area contributed by atoms with Gasteiger partial charge in [-0.2, -0.15) is 0 Å². The van der Waals surface area contributed by atoms with Gasteiger partial charge in [0, 0.05) is 38.1 Å². The minimum absolute atomic E-state index is 0.114. The number of nitrogens with zero attached hydrogens (tertiary/aromatic N) is 2. The number of ether oxygens (including phenoxy) is 1. The van der Waals surface area contributed by atoms with E-state index in [1.165, 1.54) is 0 Å². The average molecular weight is 339 g/mol. The molecule has 25 heavy (non-hydrogen) atoms. The first-order chi connectivity index (χ1) is 12.1. The molecule has 0 radical (unpaired) electrons. The summed E-state index contributed by atoms with van der Waals surface area (Å²) in [6, 6.07) is 17.8. The molecule has 1 N–H and O–H groups in total. The number of hydrogen-bond acceptors (Lipinski definition) is 3. The monoisotopic (exact) mass is 339 g/mol. The highest BCUT2D eigenvalue weighted by atomic mass is 16.5. The van der Waals surface area contributed by atoms with Crippen molar-refractivity contribution in [3.05, 3.63) is 60.2 Å². The minimum atomic E-state index is -0.114. The molecule has 0 aromatic heterocycles. The Morgan fingerprint density at radius 1 is 1.20 bits per heavy atom. The maximum absolute atomic E-state index is 12.3. The number of amides is 2. The zero-order chi connectivity index (χ0) is 17.6. The van der Waals surface area contributed by atoms with Gasteiger partial charge in [0.05, 0.1) is 12.7 Å². The smallest absolute Gasteiger partial charge is 0.321 e. The summed E-state index contributed by atoms with van der Waals surface area (Å²) in [7, 11) is 1.80. The van der Waals surface area contributed by atoms with Gasteiger partial charge in [0.15, 0.2) is 0 Å². The van der Waals surface area contributed by atoms with Crippen LogP contribution in [0.25, 0.3) is 0 Å². The van der Waals surface area contributed by atoms with E-state index >= 15 is 0 Å². The molecule has 5 nitrogen and oxygen atoms in total. The number of nitrogens with one attached hydrogen (secondary N) is 1. The van der Waals surface area contributed by atoms with E-state index in [0.717, 1.165) is 36.6 Å². The van der Waals surface area contributed by atoms with Crippen molar-refractivity contribution in [1.82, 2.24) is 4.90 Å². The molecular formula is C20H25N3O2. The number of benzene rings is 2. The van der Waals surface area contributed by atoms with Crippen LogP contribution in [-0.4, -0.2) is 43.8 Å². The van der Waals surface area contributed by atoms with E-state index < -0.39 is 0 Å². The Morgan fingerprint density at radius 3 is 2.60 bits per heavy atom. The summed E-state index contributed by atoms with van der Waals surface area (Å²) in [5, 5.41) is 2.94. The van der Waals surface area contributed by atoms with Crippen molar-refractivity contribution in [2.24, 2.45) is 0 Å². The first kappa shape index (κ1) is 17.3. The van der Waals surface area contributed by atoms with Crippen molar-refractivity contribution in [2.45, 2.75) is 19.6 Å². The van der Waals surface area contributed by atoms with Crippen LogP contribution in [0.3, 0.4) is 0 Å². The lowest BCUT2D eigenvalue weighted by Gasteiger charge is -2.33. The van der Waals surface area contributed by atoms with Gasteiger partial charge in [-0.15, -0.1) is 0 Å². The third kappa shape index (κ3) is 4.73. The predicted molar refractivity (Wildman–Crippen MR) is 101 cm³/mol. The van der Waals surface area contributed by atoms with E-state index in [2.05, 4.69) is 17.1 Å². The summed E-state index contributed by atoms with van der Waals surface area (Å²) in [5.74, 6) is 0. The molecule has 2 aromatic carbocycles. The van der Waals surface area contributed by atoms with Crippen LogP contribution in [0.2, 0.25) is 0 Å². The maximum Gasteiger partial charge on any atom is 0.321 e. The molecule has 0 bridgehead atoms. The Labute approximate surface area is 149 Å². The SMILES string of the molecule is C[C@@H]1CN(c2ccc(NC(=O)N(C)Cc3ccccc3)cc2)CCO1. The van der Waals surface area contributed by atoms with Gasteiger partial charge in [0.25, 0.3) is 0 Å². The van der Waals surface area contributed by atoms with Crippen molar-refractivity contribution < 1.29 is 9.53 Å². The second kappa shape index (κ2) is 8.03. The van der Waals surface area contributed by atoms with Crippen LogP contribution in [0.5, 0.6) is 0 Å². The van der Waals surface area contributed by atoms with Gasteiger partial charge in [0.1, 0.15) is 0 Å². The Kier molecular flexibility index (Phi) is 5.56. The summed E-state index contributed by atoms with van der Waals surface area (Å²) in [5.41, 5.74) is 3.07. The number of rotatable bonds is 4. The van der Waals surface area contributed by atoms with Gasteiger partial charge < -0.3 is 19.9 Å². The minimum Gasteiger partial charge on any atom is -0.375 e. The molecule has 0 spiro atoms. The molecular weight excluding hydrogens is 314 g/mol. The van der Waals surface area contributed by atoms with Gasteiger partial charge >= 0.3 is 6.03 Å². The Bertz CT molecular complexity index is 688. The first-order valence-electron chi connectivity index (χ1n) is 8.64. The number of hydrogen-bond donors (Lipinski definition) is 1. The molecule has 0 saturated carbocycles. The number of urea groups is 1. The number of carbonyl (C=O) groups excluding carboxylic acids is 1. The van der Waals surface area contributed by atoms with Crippen LogP contribution in [0.15, 0.2) is 54.6 Å². The molecule has 1 aliphatic rings. The van der Waals surface area contributed by atoms with E-state index in [4.69, 9.17) is 4.74 Å². The van der Waals surface area contributed by atoms with Crippen LogP contribution in [-0.2, 0) is 11.3 Å². The van der Waals surface area contributed by atoms with Crippen LogP contribution < -0.4 is 10.2 Å². The van der Waals surface area contributed by atoms with Crippen molar-refractivity contribution >= 4 is 17.4 Å². The summed E-state index contributed by atoms with van der Waals surface area (Å²) in [4.78, 5) is 16.3. The number of morpholine rings is 1. The molecule has 3 rings (SSSR count). The third-order valence-corrected chi connectivity index (χ3v) is 4.33. The molecule has 132 valence electrons. The quantitative estimate of drug-likeness (QED) is 0.926. The van der Waals surface area contributed by atoms with Crippen molar-refractivity contribution in [2.75, 3.05) is 37.0 Å². The highest BCUT2D eigenvalue weighted by Gasteiger charge is 2.17. The second-order valence-corrected chi connectivity index (χ2v) is 6.45. The molecule has 1 aliphatic heterocycles. The summed E-state index contributed by atoms with van der Waals surface area (Å²) in [6.07, 6.45) is 0.250. The molecule has 1 atom stereocenters. The fourth-order valence-electron chi connectivity index (χ4n) is 2.96. The number of carbonyl (C=O) groups is 1. The van der Waals surface area contributed by atoms with E-state index in [9.17, 15) is 4.79 Å². The Morgan fingerprint density at radius 2 is 1.92 bits per heavy atom. The first-order valence-corrected chi connectivity index (χ1v) is 8.64. The normalized spacial score (nSPS) is 17.2. The van der Waals surface area contributed by atoms with Crippen LogP contribution >= 0.6 is 0 Å². The molecule has 1 heterocycles. The van der Waals surface area contributed by atoms with E-state index in [0.29, 0.717) is 6.54 Å². The largest absolute Gasteiger partial charge is 0.375 e. The molecule has 1 saturated heterocycles. The fourth-order valence-corrected chi connectivity index (χ4v) is 2.96. The van der Waals surface area contributed by atoms with Crippen LogP contribution in [0, 0.1) is 0 Å². The lowest BCUT2D eigenvalue weighted by Crippen LogP contribution is -2.41. The zero-order valence-electron chi connectivity index (χ0n) is 14.8. The van der Waals surface area contributed by atoms with E-state index in [1.807, 2.05) is 54.6 Å². The molecule has 1 fully saturated rings. The standard InChI is InChI=1S/C20H25N3O2/c1-16-14-23(12-13-25-16)19-10-8-18(9-11-19)21-20(24)22(2)15-17-6-4-3-5-7-17/h3-11,16H,12-15H2,1-2H3,(H,21,24)/t16-/m1/s1. The predicted octanol–water partition coefficient (Wildman–Crippen LogP) is 3.58. The van der Waals surface area contributed by atoms with E-state index in [1.54, 1.807) is 11.9 Å². The van der Waals surface area contributed by atoms with Gasteiger partial charge in [-0.25, -0.2) is 4.79 Å². The van der Waals surface area contributed by atoms with Gasteiger partial charge in [-0.1, -0.05) is 30.3 Å². The fraction of sp³-hybridized carbons (Fsp3) is 0.350. The third-order valence-electron chi connectivity index (χ3n) is 4.33. The van der Waals surface area contributed by atoms with Crippen molar-refractivity contribution in [3.63, 3.8) is 0 Å². The van der Waals surface area contributed by atoms with Crippen LogP contribution in [0.4, 0.5) is 16.2 Å². The highest BCUT2D eigenvalue weighted by molar-refractivity contribution is 5.89. The highest BCUT2D eigenvalue weighted by Crippen LogP contribution is 2.20. The van der Waals surface area contributed by atoms with Crippen LogP contribution in [0.1, 0.15) is 12.5 Å². The lowest BCUT2D eigenvalue weighted by molar-refractivity contribution is 0.0532. The lowest BCUT2D eigenvalue weighted by atomic mass is 10.2. The van der Waals surface area contributed by atoms with Gasteiger partial charge in [-0.05, 0) is 36.8 Å². The molecule has 5 heteroatoms. The molecule has 2 aromatic rings. The maximum atomic E-state index is 12.3. The van der Waals surface area contributed by atoms with Crippen molar-refractivity contribution in [1.29, 1.82) is 0 Å². The molecule has 2 amide bonds. The zero-order valence-corrected chi connectivity index (χ0v) is 14.8. The molecule has 0 unspecified atom stereocenters. The summed E-state index contributed by atoms with van der Waals surface area (Å²) < 4.78 is 5.58. The van der Waals surface area contributed by atoms with E-state index in [-0.39, 0.29) is 12.1 Å².